The summed E-state index contributed by atoms with van der Waals surface area (Å²) in [5.74, 6) is 0.275. The molecule has 0 aromatic heterocycles. The van der Waals surface area contributed by atoms with Gasteiger partial charge in [0.1, 0.15) is 6.61 Å². The van der Waals surface area contributed by atoms with Gasteiger partial charge in [-0.05, 0) is 55.0 Å². The van der Waals surface area contributed by atoms with Gasteiger partial charge in [0.15, 0.2) is 0 Å². The summed E-state index contributed by atoms with van der Waals surface area (Å²) in [7, 11) is 0. The van der Waals surface area contributed by atoms with Crippen LogP contribution >= 0.6 is 0 Å². The lowest BCUT2D eigenvalue weighted by Gasteiger charge is -2.33. The van der Waals surface area contributed by atoms with E-state index in [1.807, 2.05) is 79.7 Å². The zero-order valence-corrected chi connectivity index (χ0v) is 21.1. The Hall–Kier alpha value is -3.64. The van der Waals surface area contributed by atoms with Crippen molar-refractivity contribution in [2.45, 2.75) is 39.3 Å². The fraction of sp³-hybridized carbons (Fsp3) is 0.333. The van der Waals surface area contributed by atoms with Crippen molar-refractivity contribution in [3.05, 3.63) is 95.6 Å². The molecule has 3 aromatic rings. The Morgan fingerprint density at radius 1 is 0.972 bits per heavy atom. The topological polar surface area (TPSA) is 70.7 Å². The van der Waals surface area contributed by atoms with Gasteiger partial charge in [-0.1, -0.05) is 67.6 Å². The third-order valence-electron chi connectivity index (χ3n) is 6.64. The fourth-order valence-corrected chi connectivity index (χ4v) is 4.45. The summed E-state index contributed by atoms with van der Waals surface area (Å²) in [5.41, 5.74) is 4.10. The normalized spacial score (nSPS) is 14.8. The van der Waals surface area contributed by atoms with E-state index in [1.54, 1.807) is 6.07 Å². The van der Waals surface area contributed by atoms with Crippen LogP contribution in [-0.4, -0.2) is 31.5 Å². The van der Waals surface area contributed by atoms with Gasteiger partial charge in [0.25, 0.3) is 5.91 Å². The van der Waals surface area contributed by atoms with Gasteiger partial charge >= 0.3 is 0 Å². The van der Waals surface area contributed by atoms with Crippen molar-refractivity contribution in [1.29, 1.82) is 0 Å². The number of anilines is 2. The molecule has 0 radical (unpaired) electrons. The van der Waals surface area contributed by atoms with Gasteiger partial charge in [-0.2, -0.15) is 0 Å². The van der Waals surface area contributed by atoms with Crippen molar-refractivity contribution in [2.75, 3.05) is 29.9 Å². The van der Waals surface area contributed by atoms with Crippen LogP contribution in [0.5, 0.6) is 0 Å². The van der Waals surface area contributed by atoms with E-state index in [9.17, 15) is 9.59 Å². The van der Waals surface area contributed by atoms with Crippen LogP contribution in [0.15, 0.2) is 78.9 Å². The zero-order chi connectivity index (χ0) is 25.3. The first-order valence-corrected chi connectivity index (χ1v) is 12.7. The number of hydrogen-bond donors (Lipinski definition) is 2. The van der Waals surface area contributed by atoms with E-state index in [0.29, 0.717) is 23.8 Å². The molecule has 0 bridgehead atoms. The number of amides is 2. The predicted molar refractivity (Wildman–Crippen MR) is 144 cm³/mol. The second kappa shape index (κ2) is 12.4. The van der Waals surface area contributed by atoms with E-state index >= 15 is 0 Å². The number of nitrogens with zero attached hydrogens (tertiary/aromatic N) is 1. The average Bonchev–Trinajstić information content (AvgIpc) is 2.90. The molecular formula is C30H35N3O3. The van der Waals surface area contributed by atoms with E-state index in [1.165, 1.54) is 0 Å². The molecule has 6 heteroatoms. The highest BCUT2D eigenvalue weighted by Gasteiger charge is 2.23. The molecule has 1 fully saturated rings. The molecule has 1 heterocycles. The minimum Gasteiger partial charge on any atom is -0.371 e. The molecule has 2 N–H and O–H groups in total. The molecule has 4 rings (SSSR count). The number of rotatable bonds is 9. The van der Waals surface area contributed by atoms with Crippen molar-refractivity contribution in [2.24, 2.45) is 5.92 Å². The largest absolute Gasteiger partial charge is 0.371 e. The number of carbonyl (C=O) groups is 2. The van der Waals surface area contributed by atoms with E-state index in [-0.39, 0.29) is 24.5 Å². The van der Waals surface area contributed by atoms with Crippen molar-refractivity contribution in [3.63, 3.8) is 0 Å². The molecule has 2 amide bonds. The number of hydrogen-bond acceptors (Lipinski definition) is 4. The Balaban J connectivity index is 1.46. The Morgan fingerprint density at radius 2 is 1.64 bits per heavy atom. The molecule has 3 aromatic carbocycles. The van der Waals surface area contributed by atoms with Crippen LogP contribution in [0.2, 0.25) is 0 Å². The van der Waals surface area contributed by atoms with Crippen molar-refractivity contribution in [1.82, 2.24) is 5.32 Å². The maximum Gasteiger partial charge on any atom is 0.253 e. The summed E-state index contributed by atoms with van der Waals surface area (Å²) < 4.78 is 5.56. The molecule has 1 saturated heterocycles. The van der Waals surface area contributed by atoms with Crippen LogP contribution in [0.3, 0.4) is 0 Å². The number of ether oxygens (including phenoxy) is 1. The van der Waals surface area contributed by atoms with Crippen LogP contribution in [0.4, 0.5) is 11.4 Å². The summed E-state index contributed by atoms with van der Waals surface area (Å²) in [6.07, 6.45) is 2.19. The Bertz CT molecular complexity index is 1140. The van der Waals surface area contributed by atoms with Crippen LogP contribution in [-0.2, 0) is 16.1 Å². The van der Waals surface area contributed by atoms with Crippen LogP contribution in [0, 0.1) is 5.92 Å². The number of carbonyl (C=O) groups excluding carboxylic acids is 2. The molecule has 0 spiro atoms. The summed E-state index contributed by atoms with van der Waals surface area (Å²) >= 11 is 0. The average molecular weight is 486 g/mol. The van der Waals surface area contributed by atoms with E-state index in [2.05, 4.69) is 22.5 Å². The fourth-order valence-electron chi connectivity index (χ4n) is 4.45. The summed E-state index contributed by atoms with van der Waals surface area (Å²) in [6.45, 7) is 6.37. The molecular weight excluding hydrogens is 450 g/mol. The maximum absolute atomic E-state index is 13.4. The summed E-state index contributed by atoms with van der Waals surface area (Å²) in [6, 6.07) is 25.1. The van der Waals surface area contributed by atoms with Crippen molar-refractivity contribution < 1.29 is 14.3 Å². The molecule has 0 saturated carbocycles. The van der Waals surface area contributed by atoms with E-state index in [4.69, 9.17) is 4.74 Å². The number of nitrogens with one attached hydrogen (secondary N) is 2. The molecule has 1 aliphatic rings. The third-order valence-corrected chi connectivity index (χ3v) is 6.64. The van der Waals surface area contributed by atoms with Gasteiger partial charge in [-0.3, -0.25) is 9.59 Å². The molecule has 6 nitrogen and oxygen atoms in total. The van der Waals surface area contributed by atoms with E-state index < -0.39 is 0 Å². The second-order valence-corrected chi connectivity index (χ2v) is 9.53. The Morgan fingerprint density at radius 3 is 2.33 bits per heavy atom. The quantitative estimate of drug-likeness (QED) is 0.416. The highest BCUT2D eigenvalue weighted by atomic mass is 16.5. The second-order valence-electron chi connectivity index (χ2n) is 9.53. The first kappa shape index (κ1) is 25.5. The maximum atomic E-state index is 13.4. The lowest BCUT2D eigenvalue weighted by atomic mass is 9.97. The molecule has 1 atom stereocenters. The standard InChI is InChI=1S/C30H35N3O3/c1-22-15-17-33(18-16-22)28-14-13-26(32-29(34)21-36-20-24-9-5-3-6-10-24)19-27(28)30(35)31-23(2)25-11-7-4-8-12-25/h3-14,19,22-23H,15-18,20-21H2,1-2H3,(H,31,35)(H,32,34). The smallest absolute Gasteiger partial charge is 0.253 e. The molecule has 1 unspecified atom stereocenters. The highest BCUT2D eigenvalue weighted by Crippen LogP contribution is 2.29. The minimum absolute atomic E-state index is 0.0623. The van der Waals surface area contributed by atoms with Gasteiger partial charge in [0.05, 0.1) is 18.2 Å². The van der Waals surface area contributed by atoms with Gasteiger partial charge in [0, 0.05) is 24.5 Å². The van der Waals surface area contributed by atoms with Gasteiger partial charge in [0.2, 0.25) is 5.91 Å². The first-order valence-electron chi connectivity index (χ1n) is 12.7. The van der Waals surface area contributed by atoms with Crippen LogP contribution < -0.4 is 15.5 Å². The van der Waals surface area contributed by atoms with Crippen LogP contribution in [0.25, 0.3) is 0 Å². The van der Waals surface area contributed by atoms with Crippen molar-refractivity contribution in [3.8, 4) is 0 Å². The lowest BCUT2D eigenvalue weighted by Crippen LogP contribution is -2.35. The first-order chi connectivity index (χ1) is 17.5. The number of benzene rings is 3. The predicted octanol–water partition coefficient (Wildman–Crippen LogP) is 5.57. The zero-order valence-electron chi connectivity index (χ0n) is 21.1. The third kappa shape index (κ3) is 6.95. The Labute approximate surface area is 213 Å². The minimum atomic E-state index is -0.255. The molecule has 0 aliphatic carbocycles. The number of piperidine rings is 1. The highest BCUT2D eigenvalue weighted by molar-refractivity contribution is 6.02. The van der Waals surface area contributed by atoms with E-state index in [0.717, 1.165) is 42.7 Å². The van der Waals surface area contributed by atoms with Crippen LogP contribution in [0.1, 0.15) is 54.2 Å². The molecule has 1 aliphatic heterocycles. The Kier molecular flexibility index (Phi) is 8.74. The van der Waals surface area contributed by atoms with Crippen molar-refractivity contribution >= 4 is 23.2 Å². The molecule has 188 valence electrons. The van der Waals surface area contributed by atoms with Gasteiger partial charge < -0.3 is 20.3 Å². The SMILES string of the molecule is CC1CCN(c2ccc(NC(=O)COCc3ccccc3)cc2C(=O)NC(C)c2ccccc2)CC1. The van der Waals surface area contributed by atoms with Gasteiger partial charge in [-0.25, -0.2) is 0 Å². The van der Waals surface area contributed by atoms with Gasteiger partial charge in [-0.15, -0.1) is 0 Å². The molecule has 36 heavy (non-hydrogen) atoms. The summed E-state index contributed by atoms with van der Waals surface area (Å²) in [5, 5.41) is 6.01. The monoisotopic (exact) mass is 485 g/mol. The summed E-state index contributed by atoms with van der Waals surface area (Å²) in [4.78, 5) is 28.2. The lowest BCUT2D eigenvalue weighted by molar-refractivity contribution is -0.121.